The molecular weight excluding hydrogens is 315 g/mol. The molecule has 0 aliphatic heterocycles. The number of nitriles is 1. The molecule has 2 aromatic rings. The molecule has 0 aliphatic carbocycles. The van der Waals surface area contributed by atoms with E-state index in [1.807, 2.05) is 0 Å². The molecule has 122 valence electrons. The molecule has 0 aliphatic rings. The van der Waals surface area contributed by atoms with E-state index in [0.717, 1.165) is 0 Å². The Balaban J connectivity index is 1.98. The Kier molecular flexibility index (Phi) is 5.47. The number of hydrogen-bond donors (Lipinski definition) is 1. The second kappa shape index (κ2) is 7.74. The van der Waals surface area contributed by atoms with E-state index in [1.54, 1.807) is 18.2 Å². The third-order valence-corrected chi connectivity index (χ3v) is 2.93. The van der Waals surface area contributed by atoms with Gasteiger partial charge in [-0.2, -0.15) is 5.26 Å². The van der Waals surface area contributed by atoms with Crippen LogP contribution in [0.1, 0.15) is 12.7 Å². The van der Waals surface area contributed by atoms with Crippen LogP contribution in [0.25, 0.3) is 6.08 Å². The molecule has 0 unspecified atom stereocenters. The van der Waals surface area contributed by atoms with Crippen LogP contribution in [0, 0.1) is 17.1 Å². The highest BCUT2D eigenvalue weighted by molar-refractivity contribution is 6.00. The molecule has 1 N–H and O–H groups in total. The largest absolute Gasteiger partial charge is 0.465 e. The molecular formula is C17H13FN2O4. The minimum Gasteiger partial charge on any atom is -0.465 e. The van der Waals surface area contributed by atoms with Crippen molar-refractivity contribution in [1.29, 1.82) is 5.26 Å². The smallest absolute Gasteiger partial charge is 0.349 e. The first-order valence-electron chi connectivity index (χ1n) is 6.92. The number of hydrogen-bond acceptors (Lipinski definition) is 5. The van der Waals surface area contributed by atoms with Crippen molar-refractivity contribution in [3.8, 4) is 6.07 Å². The van der Waals surface area contributed by atoms with Crippen LogP contribution in [0.4, 0.5) is 10.1 Å². The highest BCUT2D eigenvalue weighted by Crippen LogP contribution is 2.12. The van der Waals surface area contributed by atoms with Crippen molar-refractivity contribution in [2.45, 2.75) is 13.0 Å². The quantitative estimate of drug-likeness (QED) is 0.517. The summed E-state index contributed by atoms with van der Waals surface area (Å²) in [5.41, 5.74) is 0.0577. The van der Waals surface area contributed by atoms with Crippen molar-refractivity contribution >= 4 is 23.6 Å². The van der Waals surface area contributed by atoms with E-state index in [9.17, 15) is 14.0 Å². The lowest BCUT2D eigenvalue weighted by molar-refractivity contribution is -0.148. The predicted octanol–water partition coefficient (Wildman–Crippen LogP) is 2.90. The number of carbonyl (C=O) groups excluding carboxylic acids is 2. The Morgan fingerprint density at radius 2 is 2.04 bits per heavy atom. The molecule has 1 aromatic carbocycles. The molecule has 24 heavy (non-hydrogen) atoms. The van der Waals surface area contributed by atoms with Gasteiger partial charge in [0.2, 0.25) is 0 Å². The topological polar surface area (TPSA) is 92.3 Å². The highest BCUT2D eigenvalue weighted by atomic mass is 19.1. The third-order valence-electron chi connectivity index (χ3n) is 2.93. The first-order chi connectivity index (χ1) is 11.5. The van der Waals surface area contributed by atoms with Gasteiger partial charge in [0.1, 0.15) is 23.2 Å². The molecule has 6 nitrogen and oxygen atoms in total. The molecule has 1 atom stereocenters. The van der Waals surface area contributed by atoms with E-state index in [0.29, 0.717) is 11.4 Å². The summed E-state index contributed by atoms with van der Waals surface area (Å²) in [4.78, 5) is 23.9. The minimum atomic E-state index is -1.14. The monoisotopic (exact) mass is 328 g/mol. The lowest BCUT2D eigenvalue weighted by Crippen LogP contribution is -2.30. The maximum atomic E-state index is 12.8. The molecule has 0 bridgehead atoms. The number of anilines is 1. The van der Waals surface area contributed by atoms with Gasteiger partial charge in [-0.25, -0.2) is 9.18 Å². The molecule has 7 heteroatoms. The van der Waals surface area contributed by atoms with Gasteiger partial charge in [0.15, 0.2) is 6.10 Å². The predicted molar refractivity (Wildman–Crippen MR) is 82.9 cm³/mol. The van der Waals surface area contributed by atoms with Crippen molar-refractivity contribution in [2.24, 2.45) is 0 Å². The van der Waals surface area contributed by atoms with Crippen LogP contribution in [-0.2, 0) is 14.3 Å². The first kappa shape index (κ1) is 17.0. The SMILES string of the molecule is C[C@@H](OC(=O)/C(C#N)=C/c1ccco1)C(=O)Nc1ccc(F)cc1. The number of benzene rings is 1. The Morgan fingerprint density at radius 3 is 2.62 bits per heavy atom. The number of nitrogens with one attached hydrogen (secondary N) is 1. The lowest BCUT2D eigenvalue weighted by atomic mass is 10.2. The van der Waals surface area contributed by atoms with E-state index in [1.165, 1.54) is 43.5 Å². The Labute approximate surface area is 137 Å². The average molecular weight is 328 g/mol. The van der Waals surface area contributed by atoms with Gasteiger partial charge in [-0.05, 0) is 43.3 Å². The zero-order valence-electron chi connectivity index (χ0n) is 12.7. The van der Waals surface area contributed by atoms with Crippen LogP contribution in [0.5, 0.6) is 0 Å². The van der Waals surface area contributed by atoms with Gasteiger partial charge in [-0.3, -0.25) is 4.79 Å². The summed E-state index contributed by atoms with van der Waals surface area (Å²) in [6.45, 7) is 1.36. The third kappa shape index (κ3) is 4.55. The molecule has 1 heterocycles. The fourth-order valence-electron chi connectivity index (χ4n) is 1.71. The Bertz CT molecular complexity index is 789. The van der Waals surface area contributed by atoms with Crippen LogP contribution in [0.15, 0.2) is 52.7 Å². The van der Waals surface area contributed by atoms with E-state index >= 15 is 0 Å². The number of ether oxygens (including phenoxy) is 1. The fourth-order valence-corrected chi connectivity index (χ4v) is 1.71. The van der Waals surface area contributed by atoms with Crippen LogP contribution in [-0.4, -0.2) is 18.0 Å². The summed E-state index contributed by atoms with van der Waals surface area (Å²) < 4.78 is 22.8. The summed E-state index contributed by atoms with van der Waals surface area (Å²) in [5.74, 6) is -1.68. The van der Waals surface area contributed by atoms with Gasteiger partial charge < -0.3 is 14.5 Å². The van der Waals surface area contributed by atoms with Crippen molar-refractivity contribution in [3.05, 3.63) is 59.8 Å². The van der Waals surface area contributed by atoms with Crippen molar-refractivity contribution < 1.29 is 23.1 Å². The number of nitrogens with zero attached hydrogens (tertiary/aromatic N) is 1. The Morgan fingerprint density at radius 1 is 1.33 bits per heavy atom. The number of amides is 1. The lowest BCUT2D eigenvalue weighted by Gasteiger charge is -2.13. The van der Waals surface area contributed by atoms with E-state index < -0.39 is 23.8 Å². The normalized spacial score (nSPS) is 12.1. The van der Waals surface area contributed by atoms with Gasteiger partial charge in [-0.15, -0.1) is 0 Å². The summed E-state index contributed by atoms with van der Waals surface area (Å²) in [5, 5.41) is 11.5. The van der Waals surface area contributed by atoms with Crippen molar-refractivity contribution in [1.82, 2.24) is 0 Å². The number of halogens is 1. The van der Waals surface area contributed by atoms with Gasteiger partial charge in [0.25, 0.3) is 5.91 Å². The summed E-state index contributed by atoms with van der Waals surface area (Å²) in [7, 11) is 0. The van der Waals surface area contributed by atoms with Gasteiger partial charge in [-0.1, -0.05) is 0 Å². The number of rotatable bonds is 5. The zero-order chi connectivity index (χ0) is 17.5. The molecule has 1 amide bonds. The number of carbonyl (C=O) groups is 2. The first-order valence-corrected chi connectivity index (χ1v) is 6.92. The average Bonchev–Trinajstić information content (AvgIpc) is 3.07. The van der Waals surface area contributed by atoms with Crippen LogP contribution >= 0.6 is 0 Å². The van der Waals surface area contributed by atoms with Crippen LogP contribution in [0.2, 0.25) is 0 Å². The molecule has 0 spiro atoms. The standard InChI is InChI=1S/C17H13FN2O4/c1-11(16(21)20-14-6-4-13(18)5-7-14)24-17(22)12(10-19)9-15-3-2-8-23-15/h2-9,11H,1H3,(H,20,21)/b12-9+/t11-/m1/s1. The molecule has 0 saturated carbocycles. The van der Waals surface area contributed by atoms with E-state index in [2.05, 4.69) is 5.32 Å². The maximum Gasteiger partial charge on any atom is 0.349 e. The highest BCUT2D eigenvalue weighted by Gasteiger charge is 2.21. The summed E-state index contributed by atoms with van der Waals surface area (Å²) in [6.07, 6.45) is 1.47. The second-order valence-electron chi connectivity index (χ2n) is 4.73. The van der Waals surface area contributed by atoms with Crippen LogP contribution < -0.4 is 5.32 Å². The molecule has 1 aromatic heterocycles. The maximum absolute atomic E-state index is 12.8. The number of esters is 1. The second-order valence-corrected chi connectivity index (χ2v) is 4.73. The van der Waals surface area contributed by atoms with E-state index in [-0.39, 0.29) is 5.57 Å². The Hall–Kier alpha value is -3.40. The van der Waals surface area contributed by atoms with Crippen molar-refractivity contribution in [2.75, 3.05) is 5.32 Å². The van der Waals surface area contributed by atoms with Gasteiger partial charge in [0, 0.05) is 11.8 Å². The molecule has 0 fully saturated rings. The van der Waals surface area contributed by atoms with Crippen LogP contribution in [0.3, 0.4) is 0 Å². The van der Waals surface area contributed by atoms with Gasteiger partial charge >= 0.3 is 5.97 Å². The zero-order valence-corrected chi connectivity index (χ0v) is 12.7. The molecule has 2 rings (SSSR count). The summed E-state index contributed by atoms with van der Waals surface area (Å²) in [6, 6.07) is 9.98. The molecule has 0 radical (unpaired) electrons. The number of furan rings is 1. The molecule has 0 saturated heterocycles. The van der Waals surface area contributed by atoms with Crippen molar-refractivity contribution in [3.63, 3.8) is 0 Å². The van der Waals surface area contributed by atoms with E-state index in [4.69, 9.17) is 14.4 Å². The minimum absolute atomic E-state index is 0.300. The fraction of sp³-hybridized carbons (Fsp3) is 0.118. The van der Waals surface area contributed by atoms with Gasteiger partial charge in [0.05, 0.1) is 6.26 Å². The summed E-state index contributed by atoms with van der Waals surface area (Å²) >= 11 is 0.